The molecular formula is C13H19BrClN. The van der Waals surface area contributed by atoms with E-state index in [0.717, 1.165) is 22.5 Å². The van der Waals surface area contributed by atoms with Crippen molar-refractivity contribution in [2.24, 2.45) is 0 Å². The van der Waals surface area contributed by atoms with Gasteiger partial charge >= 0.3 is 0 Å². The molecule has 0 aliphatic rings. The third kappa shape index (κ3) is 4.08. The summed E-state index contributed by atoms with van der Waals surface area (Å²) in [6.45, 7) is 5.33. The highest BCUT2D eigenvalue weighted by Crippen LogP contribution is 2.29. The van der Waals surface area contributed by atoms with Gasteiger partial charge in [0.2, 0.25) is 0 Å². The molecule has 0 radical (unpaired) electrons. The number of halogens is 2. The van der Waals surface area contributed by atoms with Gasteiger partial charge in [-0.25, -0.2) is 0 Å². The van der Waals surface area contributed by atoms with Gasteiger partial charge in [-0.1, -0.05) is 54.2 Å². The van der Waals surface area contributed by atoms with E-state index in [1.807, 2.05) is 12.1 Å². The lowest BCUT2D eigenvalue weighted by Crippen LogP contribution is -2.21. The van der Waals surface area contributed by atoms with E-state index in [2.05, 4.69) is 41.2 Å². The standard InChI is InChI=1S/C13H19BrClN/c1-3-5-6-13(16-4-2)11-9-10(15)7-8-12(11)14/h7-9,13,16H,3-6H2,1-2H3. The minimum atomic E-state index is 0.401. The highest BCUT2D eigenvalue weighted by atomic mass is 79.9. The van der Waals surface area contributed by atoms with Crippen molar-refractivity contribution in [3.63, 3.8) is 0 Å². The average Bonchev–Trinajstić information content (AvgIpc) is 2.28. The normalized spacial score (nSPS) is 12.8. The second kappa shape index (κ2) is 7.31. The third-order valence-corrected chi connectivity index (χ3v) is 3.59. The van der Waals surface area contributed by atoms with Crippen LogP contribution in [0.5, 0.6) is 0 Å². The molecule has 0 aliphatic heterocycles. The van der Waals surface area contributed by atoms with Crippen LogP contribution in [0.4, 0.5) is 0 Å². The van der Waals surface area contributed by atoms with Gasteiger partial charge in [0.25, 0.3) is 0 Å². The summed E-state index contributed by atoms with van der Waals surface area (Å²) in [5.41, 5.74) is 1.27. The SMILES string of the molecule is CCCCC(NCC)c1cc(Cl)ccc1Br. The molecule has 0 aromatic heterocycles. The summed E-state index contributed by atoms with van der Waals surface area (Å²) in [5, 5.41) is 4.32. The van der Waals surface area contributed by atoms with Gasteiger partial charge < -0.3 is 5.32 Å². The van der Waals surface area contributed by atoms with Crippen molar-refractivity contribution in [1.82, 2.24) is 5.32 Å². The van der Waals surface area contributed by atoms with Crippen LogP contribution in [0, 0.1) is 0 Å². The topological polar surface area (TPSA) is 12.0 Å². The van der Waals surface area contributed by atoms with Gasteiger partial charge in [0.1, 0.15) is 0 Å². The molecule has 0 heterocycles. The van der Waals surface area contributed by atoms with Crippen molar-refractivity contribution >= 4 is 27.5 Å². The van der Waals surface area contributed by atoms with Crippen molar-refractivity contribution in [1.29, 1.82) is 0 Å². The maximum absolute atomic E-state index is 6.05. The van der Waals surface area contributed by atoms with Crippen molar-refractivity contribution < 1.29 is 0 Å². The number of hydrogen-bond acceptors (Lipinski definition) is 1. The fourth-order valence-electron chi connectivity index (χ4n) is 1.80. The molecule has 1 atom stereocenters. The molecule has 1 aromatic rings. The molecule has 90 valence electrons. The number of hydrogen-bond donors (Lipinski definition) is 1. The van der Waals surface area contributed by atoms with Gasteiger partial charge in [0.15, 0.2) is 0 Å². The summed E-state index contributed by atoms with van der Waals surface area (Å²) in [5.74, 6) is 0. The maximum atomic E-state index is 6.05. The zero-order valence-corrected chi connectivity index (χ0v) is 12.2. The molecular weight excluding hydrogens is 286 g/mol. The van der Waals surface area contributed by atoms with Gasteiger partial charge in [0, 0.05) is 15.5 Å². The third-order valence-electron chi connectivity index (χ3n) is 2.63. The van der Waals surface area contributed by atoms with Crippen LogP contribution in [0.2, 0.25) is 5.02 Å². The summed E-state index contributed by atoms with van der Waals surface area (Å²) in [6.07, 6.45) is 3.61. The van der Waals surface area contributed by atoms with E-state index in [4.69, 9.17) is 11.6 Å². The van der Waals surface area contributed by atoms with Crippen LogP contribution in [0.25, 0.3) is 0 Å². The summed E-state index contributed by atoms with van der Waals surface area (Å²) >= 11 is 9.64. The van der Waals surface area contributed by atoms with Gasteiger partial charge in [-0.05, 0) is 36.7 Å². The molecule has 1 N–H and O–H groups in total. The lowest BCUT2D eigenvalue weighted by molar-refractivity contribution is 0.493. The second-order valence-electron chi connectivity index (χ2n) is 3.92. The first-order chi connectivity index (χ1) is 7.69. The minimum absolute atomic E-state index is 0.401. The van der Waals surface area contributed by atoms with E-state index in [1.54, 1.807) is 0 Å². The Morgan fingerprint density at radius 2 is 2.12 bits per heavy atom. The molecule has 0 bridgehead atoms. The molecule has 0 fully saturated rings. The molecule has 0 spiro atoms. The quantitative estimate of drug-likeness (QED) is 0.784. The minimum Gasteiger partial charge on any atom is -0.310 e. The Morgan fingerprint density at radius 3 is 2.75 bits per heavy atom. The van der Waals surface area contributed by atoms with Crippen molar-refractivity contribution in [3.05, 3.63) is 33.3 Å². The second-order valence-corrected chi connectivity index (χ2v) is 5.21. The van der Waals surface area contributed by atoms with Crippen LogP contribution in [-0.2, 0) is 0 Å². The van der Waals surface area contributed by atoms with Crippen molar-refractivity contribution in [2.45, 2.75) is 39.2 Å². The lowest BCUT2D eigenvalue weighted by Gasteiger charge is -2.19. The van der Waals surface area contributed by atoms with Crippen LogP contribution in [-0.4, -0.2) is 6.54 Å². The predicted octanol–water partition coefficient (Wildman–Crippen LogP) is 4.94. The first-order valence-electron chi connectivity index (χ1n) is 5.87. The average molecular weight is 305 g/mol. The molecule has 3 heteroatoms. The summed E-state index contributed by atoms with van der Waals surface area (Å²) in [7, 11) is 0. The Labute approximate surface area is 112 Å². The maximum Gasteiger partial charge on any atom is 0.0410 e. The summed E-state index contributed by atoms with van der Waals surface area (Å²) < 4.78 is 1.14. The van der Waals surface area contributed by atoms with E-state index >= 15 is 0 Å². The molecule has 1 unspecified atom stereocenters. The molecule has 0 amide bonds. The lowest BCUT2D eigenvalue weighted by atomic mass is 10.0. The summed E-state index contributed by atoms with van der Waals surface area (Å²) in [4.78, 5) is 0. The Morgan fingerprint density at radius 1 is 1.38 bits per heavy atom. The van der Waals surface area contributed by atoms with Gasteiger partial charge in [-0.2, -0.15) is 0 Å². The van der Waals surface area contributed by atoms with E-state index in [-0.39, 0.29) is 0 Å². The fourth-order valence-corrected chi connectivity index (χ4v) is 2.51. The first kappa shape index (κ1) is 14.0. The molecule has 0 aliphatic carbocycles. The Kier molecular flexibility index (Phi) is 6.40. The van der Waals surface area contributed by atoms with E-state index in [1.165, 1.54) is 18.4 Å². The van der Waals surface area contributed by atoms with Crippen molar-refractivity contribution in [2.75, 3.05) is 6.54 Å². The van der Waals surface area contributed by atoms with E-state index in [0.29, 0.717) is 6.04 Å². The molecule has 16 heavy (non-hydrogen) atoms. The monoisotopic (exact) mass is 303 g/mol. The molecule has 1 nitrogen and oxygen atoms in total. The predicted molar refractivity (Wildman–Crippen MR) is 75.1 cm³/mol. The number of nitrogens with one attached hydrogen (secondary N) is 1. The van der Waals surface area contributed by atoms with Crippen LogP contribution in [0.15, 0.2) is 22.7 Å². The van der Waals surface area contributed by atoms with E-state index < -0.39 is 0 Å². The van der Waals surface area contributed by atoms with Crippen LogP contribution in [0.1, 0.15) is 44.7 Å². The number of unbranched alkanes of at least 4 members (excludes halogenated alkanes) is 1. The largest absolute Gasteiger partial charge is 0.310 e. The smallest absolute Gasteiger partial charge is 0.0410 e. The van der Waals surface area contributed by atoms with Gasteiger partial charge in [0.05, 0.1) is 0 Å². The Bertz CT molecular complexity index is 328. The number of rotatable bonds is 6. The van der Waals surface area contributed by atoms with Gasteiger partial charge in [-0.15, -0.1) is 0 Å². The molecule has 1 rings (SSSR count). The molecule has 0 saturated carbocycles. The summed E-state index contributed by atoms with van der Waals surface area (Å²) in [6, 6.07) is 6.39. The zero-order chi connectivity index (χ0) is 12.0. The molecule has 0 saturated heterocycles. The van der Waals surface area contributed by atoms with Crippen LogP contribution < -0.4 is 5.32 Å². The highest BCUT2D eigenvalue weighted by Gasteiger charge is 2.13. The Balaban J connectivity index is 2.85. The highest BCUT2D eigenvalue weighted by molar-refractivity contribution is 9.10. The van der Waals surface area contributed by atoms with Crippen LogP contribution in [0.3, 0.4) is 0 Å². The van der Waals surface area contributed by atoms with Crippen LogP contribution >= 0.6 is 27.5 Å². The number of benzene rings is 1. The fraction of sp³-hybridized carbons (Fsp3) is 0.538. The first-order valence-corrected chi connectivity index (χ1v) is 7.04. The van der Waals surface area contributed by atoms with E-state index in [9.17, 15) is 0 Å². The Hall–Kier alpha value is -0.0500. The zero-order valence-electron chi connectivity index (χ0n) is 9.89. The van der Waals surface area contributed by atoms with Crippen molar-refractivity contribution in [3.8, 4) is 0 Å². The molecule has 1 aromatic carbocycles. The van der Waals surface area contributed by atoms with Gasteiger partial charge in [-0.3, -0.25) is 0 Å².